The molecule has 5 rings (SSSR count). The number of amides is 2. The van der Waals surface area contributed by atoms with Crippen LogP contribution in [0.25, 0.3) is 0 Å². The highest BCUT2D eigenvalue weighted by Crippen LogP contribution is 2.53. The van der Waals surface area contributed by atoms with E-state index < -0.39 is 58.4 Å². The standard InChI is InChI=1S/C27H33FN4O7/c1-30(2)18-8-16(26(38)32-9-12(28)10-32)21(33)15-7-13-11(5-14(15)18)6-17-20(31(3)4)22(34)19(25(29)37)24(36)27(17,39)23(13)35/h8,11-12,17,20,33-35,39H,5-7,9-10H2,1-4H3,(H2,29,37)/t11-,17-,20-,27-/m0/s1. The van der Waals surface area contributed by atoms with Gasteiger partial charge in [0.15, 0.2) is 5.60 Å². The monoisotopic (exact) mass is 544 g/mol. The molecule has 1 heterocycles. The van der Waals surface area contributed by atoms with Gasteiger partial charge in [-0.15, -0.1) is 0 Å². The van der Waals surface area contributed by atoms with Crippen molar-refractivity contribution in [2.45, 2.75) is 37.1 Å². The van der Waals surface area contributed by atoms with Crippen LogP contribution in [0.5, 0.6) is 5.75 Å². The lowest BCUT2D eigenvalue weighted by atomic mass is 9.58. The van der Waals surface area contributed by atoms with Crippen LogP contribution in [0.2, 0.25) is 0 Å². The smallest absolute Gasteiger partial charge is 0.257 e. The molecule has 210 valence electrons. The lowest BCUT2D eigenvalue weighted by molar-refractivity contribution is -0.148. The summed E-state index contributed by atoms with van der Waals surface area (Å²) in [6, 6.07) is 0.605. The van der Waals surface area contributed by atoms with Gasteiger partial charge in [0.05, 0.1) is 24.7 Å². The lowest BCUT2D eigenvalue weighted by Gasteiger charge is -2.50. The summed E-state index contributed by atoms with van der Waals surface area (Å²) >= 11 is 0. The third kappa shape index (κ3) is 3.72. The molecule has 4 aliphatic rings. The molecule has 0 unspecified atom stereocenters. The Hall–Kier alpha value is -3.64. The number of carbonyl (C=O) groups excluding carboxylic acids is 3. The minimum absolute atomic E-state index is 0.000530. The minimum Gasteiger partial charge on any atom is -0.510 e. The number of ketones is 1. The Kier molecular flexibility index (Phi) is 6.18. The van der Waals surface area contributed by atoms with Gasteiger partial charge in [0.2, 0.25) is 5.78 Å². The Morgan fingerprint density at radius 2 is 1.77 bits per heavy atom. The summed E-state index contributed by atoms with van der Waals surface area (Å²) in [5, 5.41) is 45.3. The number of primary amides is 1. The van der Waals surface area contributed by atoms with Crippen molar-refractivity contribution in [3.63, 3.8) is 0 Å². The van der Waals surface area contributed by atoms with E-state index in [1.54, 1.807) is 44.1 Å². The second-order valence-corrected chi connectivity index (χ2v) is 11.4. The number of Topliss-reactive ketones (excluding diaryl/α,β-unsaturated/α-hetero) is 1. The number of aliphatic hydroxyl groups excluding tert-OH is 2. The zero-order chi connectivity index (χ0) is 28.7. The lowest BCUT2D eigenvalue weighted by Crippen LogP contribution is -2.63. The van der Waals surface area contributed by atoms with Gasteiger partial charge >= 0.3 is 0 Å². The number of alkyl halides is 1. The van der Waals surface area contributed by atoms with E-state index in [2.05, 4.69) is 0 Å². The highest BCUT2D eigenvalue weighted by atomic mass is 19.1. The molecule has 1 fully saturated rings. The van der Waals surface area contributed by atoms with Gasteiger partial charge in [-0.25, -0.2) is 4.39 Å². The number of fused-ring (bicyclic) bond motifs is 3. The van der Waals surface area contributed by atoms with E-state index in [0.29, 0.717) is 23.2 Å². The van der Waals surface area contributed by atoms with Crippen LogP contribution in [0.15, 0.2) is 28.7 Å². The second kappa shape index (κ2) is 8.95. The summed E-state index contributed by atoms with van der Waals surface area (Å²) in [7, 11) is 6.82. The normalized spacial score (nSPS) is 28.6. The number of nitrogens with zero attached hydrogens (tertiary/aromatic N) is 3. The van der Waals surface area contributed by atoms with E-state index in [1.807, 2.05) is 0 Å². The van der Waals surface area contributed by atoms with Gasteiger partial charge in [-0.3, -0.25) is 19.3 Å². The number of benzene rings is 1. The molecule has 12 heteroatoms. The van der Waals surface area contributed by atoms with E-state index >= 15 is 0 Å². The summed E-state index contributed by atoms with van der Waals surface area (Å²) in [5.41, 5.74) is 4.19. The molecule has 1 saturated heterocycles. The number of allylic oxidation sites excluding steroid dienone is 1. The number of likely N-dealkylation sites (N-methyl/N-ethyl adjacent to an activating group) is 1. The zero-order valence-electron chi connectivity index (χ0n) is 22.2. The van der Waals surface area contributed by atoms with Crippen LogP contribution >= 0.6 is 0 Å². The van der Waals surface area contributed by atoms with E-state index in [4.69, 9.17) is 5.73 Å². The van der Waals surface area contributed by atoms with Gasteiger partial charge in [-0.2, -0.15) is 0 Å². The van der Waals surface area contributed by atoms with Crippen molar-refractivity contribution in [1.82, 2.24) is 9.80 Å². The summed E-state index contributed by atoms with van der Waals surface area (Å²) < 4.78 is 13.4. The van der Waals surface area contributed by atoms with Gasteiger partial charge in [0, 0.05) is 37.7 Å². The molecule has 39 heavy (non-hydrogen) atoms. The molecule has 11 nitrogen and oxygen atoms in total. The maximum absolute atomic E-state index is 13.4. The number of hydrogen-bond donors (Lipinski definition) is 5. The Labute approximate surface area is 224 Å². The van der Waals surface area contributed by atoms with Crippen LogP contribution in [0.4, 0.5) is 10.1 Å². The summed E-state index contributed by atoms with van der Waals surface area (Å²) in [6.45, 7) is -0.125. The van der Waals surface area contributed by atoms with Crippen molar-refractivity contribution in [3.8, 4) is 5.75 Å². The molecule has 6 N–H and O–H groups in total. The highest BCUT2D eigenvalue weighted by molar-refractivity contribution is 6.24. The number of phenolic OH excluding ortho intramolecular Hbond substituents is 1. The van der Waals surface area contributed by atoms with Gasteiger partial charge in [0.25, 0.3) is 11.8 Å². The average molecular weight is 545 g/mol. The van der Waals surface area contributed by atoms with Gasteiger partial charge in [-0.05, 0) is 50.1 Å². The number of aromatic hydroxyl groups is 1. The highest BCUT2D eigenvalue weighted by Gasteiger charge is 2.62. The van der Waals surface area contributed by atoms with E-state index in [9.17, 15) is 39.2 Å². The largest absolute Gasteiger partial charge is 0.510 e. The number of aliphatic hydroxyl groups is 3. The van der Waals surface area contributed by atoms with Gasteiger partial charge in [-0.1, -0.05) is 0 Å². The second-order valence-electron chi connectivity index (χ2n) is 11.4. The maximum atomic E-state index is 13.4. The minimum atomic E-state index is -2.52. The van der Waals surface area contributed by atoms with Crippen LogP contribution in [-0.4, -0.2) is 107 Å². The molecule has 2 amide bonds. The van der Waals surface area contributed by atoms with Crippen molar-refractivity contribution in [2.75, 3.05) is 46.2 Å². The predicted octanol–water partition coefficient (Wildman–Crippen LogP) is 0.340. The molecule has 0 bridgehead atoms. The Balaban J connectivity index is 1.65. The van der Waals surface area contributed by atoms with Gasteiger partial charge < -0.3 is 36.0 Å². The van der Waals surface area contributed by atoms with Crippen molar-refractivity contribution < 1.29 is 39.2 Å². The van der Waals surface area contributed by atoms with Crippen molar-refractivity contribution in [1.29, 1.82) is 0 Å². The molecule has 0 radical (unpaired) electrons. The molecular weight excluding hydrogens is 511 g/mol. The summed E-state index contributed by atoms with van der Waals surface area (Å²) in [6.07, 6.45) is -0.685. The third-order valence-corrected chi connectivity index (χ3v) is 8.68. The van der Waals surface area contributed by atoms with Crippen molar-refractivity contribution in [3.05, 3.63) is 45.4 Å². The Bertz CT molecular complexity index is 1360. The predicted molar refractivity (Wildman–Crippen MR) is 138 cm³/mol. The van der Waals surface area contributed by atoms with Crippen LogP contribution < -0.4 is 10.6 Å². The van der Waals surface area contributed by atoms with Crippen molar-refractivity contribution >= 4 is 23.3 Å². The summed E-state index contributed by atoms with van der Waals surface area (Å²) in [4.78, 5) is 43.3. The molecule has 3 aliphatic carbocycles. The Morgan fingerprint density at radius 1 is 1.13 bits per heavy atom. The first kappa shape index (κ1) is 26.9. The fraction of sp³-hybridized carbons (Fsp3) is 0.519. The van der Waals surface area contributed by atoms with Gasteiger partial charge in [0.1, 0.15) is 29.0 Å². The fourth-order valence-electron chi connectivity index (χ4n) is 6.72. The van der Waals surface area contributed by atoms with E-state index in [0.717, 1.165) is 5.56 Å². The molecule has 1 aliphatic heterocycles. The van der Waals surface area contributed by atoms with Crippen molar-refractivity contribution in [2.24, 2.45) is 17.6 Å². The summed E-state index contributed by atoms with van der Waals surface area (Å²) in [5.74, 6) is -5.75. The molecule has 1 aromatic carbocycles. The SMILES string of the molecule is CN(C)c1cc(C(=O)N2CC(F)C2)c(O)c2c1C[C@H]1C[C@H]3[C@H](N(C)C)C(O)=C(C(N)=O)C(=O)[C@@]3(O)C(O)=C1C2. The third-order valence-electron chi connectivity index (χ3n) is 8.68. The number of rotatable bonds is 4. The number of likely N-dealkylation sites (tertiary alicyclic amines) is 1. The van der Waals surface area contributed by atoms with Crippen LogP contribution in [0, 0.1) is 11.8 Å². The van der Waals surface area contributed by atoms with Crippen LogP contribution in [-0.2, 0) is 22.4 Å². The van der Waals surface area contributed by atoms with E-state index in [-0.39, 0.29) is 43.2 Å². The number of carbonyl (C=O) groups is 3. The number of halogens is 1. The first-order valence-corrected chi connectivity index (χ1v) is 12.8. The number of anilines is 1. The van der Waals surface area contributed by atoms with Crippen LogP contribution in [0.3, 0.4) is 0 Å². The first-order chi connectivity index (χ1) is 18.2. The topological polar surface area (TPSA) is 168 Å². The van der Waals surface area contributed by atoms with Crippen LogP contribution in [0.1, 0.15) is 27.9 Å². The Morgan fingerprint density at radius 3 is 2.31 bits per heavy atom. The number of nitrogens with two attached hydrogens (primary N) is 1. The molecule has 0 saturated carbocycles. The van der Waals surface area contributed by atoms with E-state index in [1.165, 1.54) is 4.90 Å². The molecule has 1 aromatic rings. The molecule has 4 atom stereocenters. The first-order valence-electron chi connectivity index (χ1n) is 12.8. The zero-order valence-corrected chi connectivity index (χ0v) is 22.2. The number of phenols is 1. The number of hydrogen-bond acceptors (Lipinski definition) is 9. The quantitative estimate of drug-likeness (QED) is 0.336. The molecular formula is C27H33FN4O7. The molecule has 0 aromatic heterocycles. The average Bonchev–Trinajstić information content (AvgIpc) is 2.83. The molecule has 0 spiro atoms. The maximum Gasteiger partial charge on any atom is 0.257 e. The fourth-order valence-corrected chi connectivity index (χ4v) is 6.72.